The number of rotatable bonds is 5. The molecule has 100 valence electrons. The Morgan fingerprint density at radius 3 is 3.05 bits per heavy atom. The molecule has 19 heavy (non-hydrogen) atoms. The van der Waals surface area contributed by atoms with E-state index in [2.05, 4.69) is 15.4 Å². The number of carbonyl (C=O) groups excluding carboxylic acids is 1. The van der Waals surface area contributed by atoms with Gasteiger partial charge in [-0.25, -0.2) is 4.68 Å². The molecule has 6 heteroatoms. The van der Waals surface area contributed by atoms with E-state index in [4.69, 9.17) is 5.73 Å². The zero-order valence-electron chi connectivity index (χ0n) is 10.8. The Labute approximate surface area is 111 Å². The molecule has 0 spiro atoms. The van der Waals surface area contributed by atoms with Crippen LogP contribution in [0, 0.1) is 0 Å². The summed E-state index contributed by atoms with van der Waals surface area (Å²) in [5, 5.41) is 6.90. The van der Waals surface area contributed by atoms with Crippen LogP contribution >= 0.6 is 0 Å². The second kappa shape index (κ2) is 6.10. The van der Waals surface area contributed by atoms with Crippen molar-refractivity contribution >= 4 is 5.91 Å². The molecule has 0 aromatic carbocycles. The highest BCUT2D eigenvalue weighted by Gasteiger charge is 2.08. The summed E-state index contributed by atoms with van der Waals surface area (Å²) in [5.41, 5.74) is 6.80. The summed E-state index contributed by atoms with van der Waals surface area (Å²) in [6.45, 7) is 2.45. The van der Waals surface area contributed by atoms with Crippen LogP contribution in [0.3, 0.4) is 0 Å². The molecule has 1 atom stereocenters. The van der Waals surface area contributed by atoms with Gasteiger partial charge < -0.3 is 11.1 Å². The molecule has 0 radical (unpaired) electrons. The number of nitrogens with two attached hydrogens (primary N) is 1. The second-order valence-corrected chi connectivity index (χ2v) is 4.37. The number of nitrogens with one attached hydrogen (secondary N) is 1. The first-order chi connectivity index (χ1) is 9.16. The van der Waals surface area contributed by atoms with Crippen LogP contribution in [0.5, 0.6) is 0 Å². The summed E-state index contributed by atoms with van der Waals surface area (Å²) in [7, 11) is 0. The molecule has 2 rings (SSSR count). The largest absolute Gasteiger partial charge is 0.351 e. The normalized spacial score (nSPS) is 12.1. The average molecular weight is 259 g/mol. The van der Waals surface area contributed by atoms with Crippen LogP contribution < -0.4 is 11.1 Å². The number of carbonyl (C=O) groups is 1. The molecule has 6 nitrogen and oxygen atoms in total. The lowest BCUT2D eigenvalue weighted by atomic mass is 10.2. The summed E-state index contributed by atoms with van der Waals surface area (Å²) in [5.74, 6) is -0.199. The van der Waals surface area contributed by atoms with Crippen molar-refractivity contribution in [2.24, 2.45) is 5.73 Å². The van der Waals surface area contributed by atoms with Crippen LogP contribution in [0.15, 0.2) is 36.8 Å². The predicted molar refractivity (Wildman–Crippen MR) is 72.0 cm³/mol. The fraction of sp³-hybridized carbons (Fsp3) is 0.308. The van der Waals surface area contributed by atoms with Crippen LogP contribution in [0.25, 0.3) is 5.69 Å². The first-order valence-corrected chi connectivity index (χ1v) is 6.16. The molecule has 0 fully saturated rings. The van der Waals surface area contributed by atoms with Crippen LogP contribution in [-0.2, 0) is 0 Å². The summed E-state index contributed by atoms with van der Waals surface area (Å²) < 4.78 is 1.68. The molecule has 0 saturated heterocycles. The molecule has 1 amide bonds. The lowest BCUT2D eigenvalue weighted by Crippen LogP contribution is -2.29. The Hall–Kier alpha value is -2.21. The molecular weight excluding hydrogens is 242 g/mol. The molecule has 2 heterocycles. The minimum absolute atomic E-state index is 0.0728. The number of amides is 1. The molecule has 0 aliphatic carbocycles. The van der Waals surface area contributed by atoms with Crippen molar-refractivity contribution in [2.45, 2.75) is 19.4 Å². The van der Waals surface area contributed by atoms with E-state index < -0.39 is 0 Å². The van der Waals surface area contributed by atoms with Gasteiger partial charge in [-0.3, -0.25) is 9.78 Å². The molecule has 0 aliphatic heterocycles. The Bertz CT molecular complexity index is 536. The summed E-state index contributed by atoms with van der Waals surface area (Å²) in [4.78, 5) is 16.0. The maximum Gasteiger partial charge on any atom is 0.269 e. The minimum atomic E-state index is -0.199. The van der Waals surface area contributed by atoms with Gasteiger partial charge in [-0.1, -0.05) is 0 Å². The van der Waals surface area contributed by atoms with Gasteiger partial charge in [0.15, 0.2) is 0 Å². The standard InChI is InChI=1S/C13H17N5O/c1-10(14)3-6-16-13(19)12-9-11(4-7-15-12)18-8-2-5-17-18/h2,4-5,7-10H,3,6,14H2,1H3,(H,16,19). The topological polar surface area (TPSA) is 85.8 Å². The molecule has 0 saturated carbocycles. The zero-order chi connectivity index (χ0) is 13.7. The Kier molecular flexibility index (Phi) is 4.25. The van der Waals surface area contributed by atoms with Crippen molar-refractivity contribution < 1.29 is 4.79 Å². The minimum Gasteiger partial charge on any atom is -0.351 e. The number of hydrogen-bond acceptors (Lipinski definition) is 4. The van der Waals surface area contributed by atoms with Crippen molar-refractivity contribution in [1.29, 1.82) is 0 Å². The first kappa shape index (κ1) is 13.2. The molecule has 0 bridgehead atoms. The maximum atomic E-state index is 11.9. The quantitative estimate of drug-likeness (QED) is 0.829. The third-order valence-electron chi connectivity index (χ3n) is 2.63. The number of nitrogens with zero attached hydrogens (tertiary/aromatic N) is 3. The Morgan fingerprint density at radius 1 is 1.53 bits per heavy atom. The van der Waals surface area contributed by atoms with Crippen molar-refractivity contribution in [3.63, 3.8) is 0 Å². The fourth-order valence-electron chi connectivity index (χ4n) is 1.61. The van der Waals surface area contributed by atoms with Crippen LogP contribution in [0.2, 0.25) is 0 Å². The highest BCUT2D eigenvalue weighted by molar-refractivity contribution is 5.92. The highest BCUT2D eigenvalue weighted by atomic mass is 16.1. The Morgan fingerprint density at radius 2 is 2.37 bits per heavy atom. The molecule has 3 N–H and O–H groups in total. The van der Waals surface area contributed by atoms with E-state index >= 15 is 0 Å². The smallest absolute Gasteiger partial charge is 0.269 e. The van der Waals surface area contributed by atoms with Gasteiger partial charge in [-0.05, 0) is 31.5 Å². The summed E-state index contributed by atoms with van der Waals surface area (Å²) in [6, 6.07) is 5.40. The van der Waals surface area contributed by atoms with Crippen molar-refractivity contribution in [1.82, 2.24) is 20.1 Å². The van der Waals surface area contributed by atoms with E-state index in [9.17, 15) is 4.79 Å². The van der Waals surface area contributed by atoms with Crippen molar-refractivity contribution in [3.05, 3.63) is 42.5 Å². The molecule has 1 unspecified atom stereocenters. The summed E-state index contributed by atoms with van der Waals surface area (Å²) >= 11 is 0. The monoisotopic (exact) mass is 259 g/mol. The van der Waals surface area contributed by atoms with E-state index in [1.807, 2.05) is 19.2 Å². The molecule has 0 aliphatic rings. The Balaban J connectivity index is 2.04. The predicted octanol–water partition coefficient (Wildman–Crippen LogP) is 0.734. The first-order valence-electron chi connectivity index (χ1n) is 6.16. The number of aromatic nitrogens is 3. The molecule has 2 aromatic rings. The lowest BCUT2D eigenvalue weighted by molar-refractivity contribution is 0.0948. The third kappa shape index (κ3) is 3.62. The number of pyridine rings is 1. The highest BCUT2D eigenvalue weighted by Crippen LogP contribution is 2.06. The fourth-order valence-corrected chi connectivity index (χ4v) is 1.61. The van der Waals surface area contributed by atoms with Gasteiger partial charge in [-0.15, -0.1) is 0 Å². The SMILES string of the molecule is CC(N)CCNC(=O)c1cc(-n2cccn2)ccn1. The molecule has 2 aromatic heterocycles. The van der Waals surface area contributed by atoms with Gasteiger partial charge in [0.25, 0.3) is 5.91 Å². The van der Waals surface area contributed by atoms with Gasteiger partial charge in [0.1, 0.15) is 5.69 Å². The lowest BCUT2D eigenvalue weighted by Gasteiger charge is -2.08. The number of hydrogen-bond donors (Lipinski definition) is 2. The second-order valence-electron chi connectivity index (χ2n) is 4.37. The van der Waals surface area contributed by atoms with Crippen LogP contribution in [-0.4, -0.2) is 33.3 Å². The van der Waals surface area contributed by atoms with E-state index in [1.54, 1.807) is 29.2 Å². The molecular formula is C13H17N5O. The average Bonchev–Trinajstić information content (AvgIpc) is 2.92. The van der Waals surface area contributed by atoms with Gasteiger partial charge in [-0.2, -0.15) is 5.10 Å². The summed E-state index contributed by atoms with van der Waals surface area (Å²) in [6.07, 6.45) is 5.83. The van der Waals surface area contributed by atoms with Gasteiger partial charge in [0.05, 0.1) is 5.69 Å². The van der Waals surface area contributed by atoms with Gasteiger partial charge >= 0.3 is 0 Å². The van der Waals surface area contributed by atoms with Crippen LogP contribution in [0.4, 0.5) is 0 Å². The third-order valence-corrected chi connectivity index (χ3v) is 2.63. The van der Waals surface area contributed by atoms with Crippen molar-refractivity contribution in [2.75, 3.05) is 6.54 Å². The van der Waals surface area contributed by atoms with E-state index in [-0.39, 0.29) is 11.9 Å². The van der Waals surface area contributed by atoms with E-state index in [1.165, 1.54) is 0 Å². The zero-order valence-corrected chi connectivity index (χ0v) is 10.8. The van der Waals surface area contributed by atoms with Gasteiger partial charge in [0.2, 0.25) is 0 Å². The van der Waals surface area contributed by atoms with Gasteiger partial charge in [0, 0.05) is 31.2 Å². The van der Waals surface area contributed by atoms with E-state index in [0.717, 1.165) is 12.1 Å². The van der Waals surface area contributed by atoms with E-state index in [0.29, 0.717) is 12.2 Å². The van der Waals surface area contributed by atoms with Crippen molar-refractivity contribution in [3.8, 4) is 5.69 Å². The maximum absolute atomic E-state index is 11.9. The van der Waals surface area contributed by atoms with Crippen LogP contribution in [0.1, 0.15) is 23.8 Å².